The van der Waals surface area contributed by atoms with Crippen molar-refractivity contribution in [1.29, 1.82) is 0 Å². The summed E-state index contributed by atoms with van der Waals surface area (Å²) in [5.74, 6) is -0.0209. The Kier molecular flexibility index (Phi) is 5.07. The second-order valence-corrected chi connectivity index (χ2v) is 6.67. The zero-order valence-corrected chi connectivity index (χ0v) is 14.3. The van der Waals surface area contributed by atoms with Crippen molar-refractivity contribution < 1.29 is 4.79 Å². The molecule has 1 nitrogen and oxygen atoms in total. The molecule has 2 rings (SSSR count). The van der Waals surface area contributed by atoms with Gasteiger partial charge in [0.2, 0.25) is 0 Å². The van der Waals surface area contributed by atoms with Gasteiger partial charge in [-0.2, -0.15) is 0 Å². The van der Waals surface area contributed by atoms with E-state index >= 15 is 0 Å². The lowest BCUT2D eigenvalue weighted by molar-refractivity contribution is 0.0993. The number of Topliss-reactive ketones (excluding diaryl/α,β-unsaturated/α-hetero) is 1. The lowest BCUT2D eigenvalue weighted by Crippen LogP contribution is -2.04. The van der Waals surface area contributed by atoms with Crippen molar-refractivity contribution in [2.75, 3.05) is 0 Å². The summed E-state index contributed by atoms with van der Waals surface area (Å²) in [6.07, 6.45) is 0.249. The molecule has 0 spiro atoms. The number of hydrogen-bond donors (Lipinski definition) is 0. The summed E-state index contributed by atoms with van der Waals surface area (Å²) in [4.78, 5) is 12.2. The fourth-order valence-corrected chi connectivity index (χ4v) is 3.26. The first-order valence-electron chi connectivity index (χ1n) is 5.39. The molecule has 0 unspecified atom stereocenters. The van der Waals surface area contributed by atoms with Gasteiger partial charge in [-0.05, 0) is 35.9 Å². The van der Waals surface area contributed by atoms with Crippen molar-refractivity contribution >= 4 is 60.8 Å². The van der Waals surface area contributed by atoms with Crippen molar-refractivity contribution in [2.45, 2.75) is 6.42 Å². The maximum absolute atomic E-state index is 12.2. The van der Waals surface area contributed by atoms with Crippen LogP contribution in [-0.2, 0) is 6.42 Å². The first-order valence-corrected chi connectivity index (χ1v) is 7.73. The predicted octanol–water partition coefficient (Wildman–Crippen LogP) is 5.94. The van der Waals surface area contributed by atoms with Gasteiger partial charge in [0.25, 0.3) is 0 Å². The van der Waals surface area contributed by atoms with Gasteiger partial charge < -0.3 is 0 Å². The summed E-state index contributed by atoms with van der Waals surface area (Å²) in [6, 6.07) is 10.6. The van der Waals surface area contributed by atoms with Gasteiger partial charge in [-0.3, -0.25) is 4.79 Å². The second-order valence-electron chi connectivity index (χ2n) is 3.99. The van der Waals surface area contributed by atoms with E-state index in [0.717, 1.165) is 14.5 Å². The molecule has 0 radical (unpaired) electrons. The van der Waals surface area contributed by atoms with Gasteiger partial charge in [0.05, 0.1) is 0 Å². The number of hydrogen-bond acceptors (Lipinski definition) is 1. The molecule has 0 amide bonds. The molecule has 2 aromatic rings. The molecule has 0 N–H and O–H groups in total. The Morgan fingerprint density at radius 1 is 1.00 bits per heavy atom. The van der Waals surface area contributed by atoms with Crippen LogP contribution in [0.2, 0.25) is 10.0 Å². The normalized spacial score (nSPS) is 10.5. The maximum atomic E-state index is 12.2. The van der Waals surface area contributed by atoms with E-state index in [2.05, 4.69) is 31.9 Å². The molecule has 0 aliphatic carbocycles. The third-order valence-corrected chi connectivity index (χ3v) is 4.07. The largest absolute Gasteiger partial charge is 0.294 e. The summed E-state index contributed by atoms with van der Waals surface area (Å²) in [5, 5.41) is 1.10. The Bertz CT molecular complexity index is 621. The maximum Gasteiger partial charge on any atom is 0.167 e. The Hall–Kier alpha value is -0.350. The molecular weight excluding hydrogens is 415 g/mol. The van der Waals surface area contributed by atoms with Gasteiger partial charge in [-0.25, -0.2) is 0 Å². The minimum absolute atomic E-state index is 0.0209. The van der Waals surface area contributed by atoms with Gasteiger partial charge in [-0.15, -0.1) is 0 Å². The molecule has 0 saturated heterocycles. The zero-order valence-electron chi connectivity index (χ0n) is 9.59. The van der Waals surface area contributed by atoms with Crippen molar-refractivity contribution in [1.82, 2.24) is 0 Å². The topological polar surface area (TPSA) is 17.1 Å². The molecule has 0 aliphatic heterocycles. The van der Waals surface area contributed by atoms with E-state index in [4.69, 9.17) is 23.2 Å². The summed E-state index contributed by atoms with van der Waals surface area (Å²) in [7, 11) is 0. The third-order valence-electron chi connectivity index (χ3n) is 2.55. The van der Waals surface area contributed by atoms with Crippen molar-refractivity contribution in [3.63, 3.8) is 0 Å². The van der Waals surface area contributed by atoms with Gasteiger partial charge in [0, 0.05) is 31.0 Å². The molecule has 19 heavy (non-hydrogen) atoms. The smallest absolute Gasteiger partial charge is 0.167 e. The summed E-state index contributed by atoms with van der Waals surface area (Å²) < 4.78 is 1.67. The van der Waals surface area contributed by atoms with Crippen molar-refractivity contribution in [2.24, 2.45) is 0 Å². The first kappa shape index (κ1) is 15.0. The van der Waals surface area contributed by atoms with Crippen LogP contribution >= 0.6 is 55.1 Å². The van der Waals surface area contributed by atoms with E-state index in [-0.39, 0.29) is 12.2 Å². The van der Waals surface area contributed by atoms with Crippen molar-refractivity contribution in [3.05, 3.63) is 66.5 Å². The minimum atomic E-state index is -0.0209. The van der Waals surface area contributed by atoms with Crippen LogP contribution in [0.15, 0.2) is 45.3 Å². The molecule has 5 heteroatoms. The van der Waals surface area contributed by atoms with Crippen LogP contribution in [0.1, 0.15) is 15.9 Å². The highest BCUT2D eigenvalue weighted by atomic mass is 79.9. The van der Waals surface area contributed by atoms with Crippen LogP contribution in [0.25, 0.3) is 0 Å². The van der Waals surface area contributed by atoms with Crippen LogP contribution in [0.5, 0.6) is 0 Å². The number of halogens is 4. The van der Waals surface area contributed by atoms with Gasteiger partial charge in [-0.1, -0.05) is 61.1 Å². The molecule has 0 heterocycles. The predicted molar refractivity (Wildman–Crippen MR) is 86.3 cm³/mol. The molecule has 0 aromatic heterocycles. The monoisotopic (exact) mass is 420 g/mol. The van der Waals surface area contributed by atoms with Gasteiger partial charge >= 0.3 is 0 Å². The van der Waals surface area contributed by atoms with E-state index < -0.39 is 0 Å². The summed E-state index contributed by atoms with van der Waals surface area (Å²) in [5.41, 5.74) is 1.37. The van der Waals surface area contributed by atoms with E-state index in [1.807, 2.05) is 12.1 Å². The molecule has 2 aromatic carbocycles. The average Bonchev–Trinajstić information content (AvgIpc) is 2.31. The molecular formula is C14H8Br2Cl2O. The SMILES string of the molecule is O=C(Cc1ccc(Br)cc1Cl)c1cc(Cl)cc(Br)c1. The number of ketones is 1. The van der Waals surface area contributed by atoms with Gasteiger partial charge in [0.1, 0.15) is 0 Å². The van der Waals surface area contributed by atoms with E-state index in [1.165, 1.54) is 0 Å². The molecule has 0 aliphatic rings. The number of benzene rings is 2. The van der Waals surface area contributed by atoms with Crippen LogP contribution in [-0.4, -0.2) is 5.78 Å². The molecule has 98 valence electrons. The van der Waals surface area contributed by atoms with E-state index in [1.54, 1.807) is 24.3 Å². The average molecular weight is 423 g/mol. The Morgan fingerprint density at radius 3 is 2.37 bits per heavy atom. The zero-order chi connectivity index (χ0) is 14.0. The Balaban J connectivity index is 2.25. The fraction of sp³-hybridized carbons (Fsp3) is 0.0714. The lowest BCUT2D eigenvalue weighted by atomic mass is 10.0. The number of rotatable bonds is 3. The minimum Gasteiger partial charge on any atom is -0.294 e. The summed E-state index contributed by atoms with van der Waals surface area (Å²) in [6.45, 7) is 0. The van der Waals surface area contributed by atoms with E-state index in [9.17, 15) is 4.79 Å². The molecule has 0 bridgehead atoms. The van der Waals surface area contributed by atoms with Gasteiger partial charge in [0.15, 0.2) is 5.78 Å². The number of carbonyl (C=O) groups is 1. The van der Waals surface area contributed by atoms with Crippen LogP contribution in [0.3, 0.4) is 0 Å². The van der Waals surface area contributed by atoms with Crippen LogP contribution < -0.4 is 0 Å². The summed E-state index contributed by atoms with van der Waals surface area (Å²) >= 11 is 18.7. The quantitative estimate of drug-likeness (QED) is 0.559. The highest BCUT2D eigenvalue weighted by Crippen LogP contribution is 2.24. The standard InChI is InChI=1S/C14H8Br2Cl2O/c15-10-2-1-8(13(18)7-10)5-14(19)9-3-11(16)6-12(17)4-9/h1-4,6-7H,5H2. The lowest BCUT2D eigenvalue weighted by Gasteiger charge is -2.05. The second kappa shape index (κ2) is 6.40. The van der Waals surface area contributed by atoms with E-state index in [0.29, 0.717) is 15.6 Å². The molecule has 0 saturated carbocycles. The highest BCUT2D eigenvalue weighted by Gasteiger charge is 2.11. The fourth-order valence-electron chi connectivity index (χ4n) is 1.65. The van der Waals surface area contributed by atoms with Crippen molar-refractivity contribution in [3.8, 4) is 0 Å². The third kappa shape index (κ3) is 4.06. The first-order chi connectivity index (χ1) is 8.95. The molecule has 0 atom stereocenters. The molecule has 0 fully saturated rings. The number of carbonyl (C=O) groups excluding carboxylic acids is 1. The Labute approximate surface area is 138 Å². The van der Waals surface area contributed by atoms with Crippen LogP contribution in [0, 0.1) is 0 Å². The highest BCUT2D eigenvalue weighted by molar-refractivity contribution is 9.10. The Morgan fingerprint density at radius 2 is 1.74 bits per heavy atom. The van der Waals surface area contributed by atoms with Crippen LogP contribution in [0.4, 0.5) is 0 Å².